The number of ether oxygens (including phenoxy) is 2. The molecular formula is C19H23N3O3S. The second kappa shape index (κ2) is 7.72. The standard InChI is InChI=1S/C19H23N3O3S/c23-17(12-15-3-11-26-14-15)22-8-4-19(5-9-22)13-16(2-10-24-19)25-18-20-6-1-7-21-18/h1,3,6-7,11,14,16H,2,4-5,8-10,12-13H2. The van der Waals surface area contributed by atoms with E-state index in [2.05, 4.69) is 9.97 Å². The Balaban J connectivity index is 1.31. The molecule has 1 amide bonds. The third-order valence-corrected chi connectivity index (χ3v) is 5.96. The van der Waals surface area contributed by atoms with Gasteiger partial charge in [0.15, 0.2) is 0 Å². The number of hydrogen-bond acceptors (Lipinski definition) is 6. The number of likely N-dealkylation sites (tertiary alicyclic amines) is 1. The van der Waals surface area contributed by atoms with Gasteiger partial charge in [0.25, 0.3) is 0 Å². The van der Waals surface area contributed by atoms with Crippen LogP contribution >= 0.6 is 11.3 Å². The second-order valence-electron chi connectivity index (χ2n) is 6.98. The van der Waals surface area contributed by atoms with Crippen molar-refractivity contribution < 1.29 is 14.3 Å². The Hall–Kier alpha value is -1.99. The van der Waals surface area contributed by atoms with Gasteiger partial charge < -0.3 is 14.4 Å². The summed E-state index contributed by atoms with van der Waals surface area (Å²) in [5, 5.41) is 4.06. The molecule has 0 bridgehead atoms. The van der Waals surface area contributed by atoms with E-state index in [1.165, 1.54) is 0 Å². The molecular weight excluding hydrogens is 350 g/mol. The molecule has 2 aromatic rings. The number of aromatic nitrogens is 2. The average molecular weight is 373 g/mol. The van der Waals surface area contributed by atoms with Gasteiger partial charge >= 0.3 is 6.01 Å². The summed E-state index contributed by atoms with van der Waals surface area (Å²) < 4.78 is 12.1. The average Bonchev–Trinajstić information content (AvgIpc) is 3.16. The first-order valence-electron chi connectivity index (χ1n) is 9.09. The van der Waals surface area contributed by atoms with Crippen molar-refractivity contribution in [1.29, 1.82) is 0 Å². The summed E-state index contributed by atoms with van der Waals surface area (Å²) in [6, 6.07) is 4.23. The normalized spacial score (nSPS) is 22.3. The highest BCUT2D eigenvalue weighted by Gasteiger charge is 2.42. The fourth-order valence-electron chi connectivity index (χ4n) is 3.77. The fraction of sp³-hybridized carbons (Fsp3) is 0.526. The summed E-state index contributed by atoms with van der Waals surface area (Å²) in [7, 11) is 0. The van der Waals surface area contributed by atoms with Crippen LogP contribution in [0.25, 0.3) is 0 Å². The van der Waals surface area contributed by atoms with E-state index in [1.54, 1.807) is 29.8 Å². The van der Waals surface area contributed by atoms with Crippen LogP contribution in [0.2, 0.25) is 0 Å². The molecule has 2 aliphatic heterocycles. The molecule has 4 heterocycles. The van der Waals surface area contributed by atoms with Gasteiger partial charge in [0.1, 0.15) is 6.10 Å². The molecule has 138 valence electrons. The van der Waals surface area contributed by atoms with Crippen LogP contribution < -0.4 is 4.74 Å². The maximum Gasteiger partial charge on any atom is 0.316 e. The molecule has 2 aromatic heterocycles. The van der Waals surface area contributed by atoms with Crippen LogP contribution in [0.4, 0.5) is 0 Å². The number of rotatable bonds is 4. The van der Waals surface area contributed by atoms with E-state index in [4.69, 9.17) is 9.47 Å². The van der Waals surface area contributed by atoms with Crippen molar-refractivity contribution in [1.82, 2.24) is 14.9 Å². The molecule has 6 nitrogen and oxygen atoms in total. The lowest BCUT2D eigenvalue weighted by atomic mass is 9.83. The quantitative estimate of drug-likeness (QED) is 0.824. The maximum atomic E-state index is 12.5. The fourth-order valence-corrected chi connectivity index (χ4v) is 4.44. The second-order valence-corrected chi connectivity index (χ2v) is 7.76. The summed E-state index contributed by atoms with van der Waals surface area (Å²) in [5.74, 6) is 0.208. The first kappa shape index (κ1) is 17.4. The minimum atomic E-state index is -0.184. The maximum absolute atomic E-state index is 12.5. The zero-order valence-electron chi connectivity index (χ0n) is 14.7. The van der Waals surface area contributed by atoms with Gasteiger partial charge in [0.05, 0.1) is 18.6 Å². The third-order valence-electron chi connectivity index (χ3n) is 5.22. The summed E-state index contributed by atoms with van der Waals surface area (Å²) >= 11 is 1.63. The minimum absolute atomic E-state index is 0.0687. The van der Waals surface area contributed by atoms with E-state index in [-0.39, 0.29) is 17.6 Å². The van der Waals surface area contributed by atoms with Gasteiger partial charge in [-0.1, -0.05) is 0 Å². The molecule has 2 aliphatic rings. The lowest BCUT2D eigenvalue weighted by Gasteiger charge is -2.45. The molecule has 0 aromatic carbocycles. The summed E-state index contributed by atoms with van der Waals surface area (Å²) in [5.41, 5.74) is 0.919. The number of carbonyl (C=O) groups is 1. The van der Waals surface area contributed by atoms with Gasteiger partial charge in [-0.25, -0.2) is 9.97 Å². The third kappa shape index (κ3) is 4.04. The molecule has 4 rings (SSSR count). The Morgan fingerprint density at radius 3 is 2.88 bits per heavy atom. The van der Waals surface area contributed by atoms with E-state index in [0.717, 1.165) is 44.3 Å². The lowest BCUT2D eigenvalue weighted by molar-refractivity contribution is -0.151. The monoisotopic (exact) mass is 373 g/mol. The Morgan fingerprint density at radius 1 is 1.35 bits per heavy atom. The molecule has 1 spiro atoms. The molecule has 0 saturated carbocycles. The van der Waals surface area contributed by atoms with Gasteiger partial charge in [-0.3, -0.25) is 4.79 Å². The first-order valence-corrected chi connectivity index (χ1v) is 10.0. The van der Waals surface area contributed by atoms with Crippen molar-refractivity contribution in [2.75, 3.05) is 19.7 Å². The van der Waals surface area contributed by atoms with Crippen LogP contribution in [-0.4, -0.2) is 52.2 Å². The number of thiophene rings is 1. The van der Waals surface area contributed by atoms with Crippen molar-refractivity contribution in [3.05, 3.63) is 40.8 Å². The van der Waals surface area contributed by atoms with Crippen molar-refractivity contribution in [3.8, 4) is 6.01 Å². The molecule has 7 heteroatoms. The lowest BCUT2D eigenvalue weighted by Crippen LogP contribution is -2.52. The van der Waals surface area contributed by atoms with E-state index in [0.29, 0.717) is 19.0 Å². The largest absolute Gasteiger partial charge is 0.460 e. The number of piperidine rings is 1. The molecule has 0 radical (unpaired) electrons. The van der Waals surface area contributed by atoms with Crippen LogP contribution in [0.5, 0.6) is 6.01 Å². The van der Waals surface area contributed by atoms with Gasteiger partial charge in [0.2, 0.25) is 5.91 Å². The van der Waals surface area contributed by atoms with Crippen molar-refractivity contribution in [2.24, 2.45) is 0 Å². The zero-order chi connectivity index (χ0) is 17.8. The number of hydrogen-bond donors (Lipinski definition) is 0. The Bertz CT molecular complexity index is 715. The molecule has 2 saturated heterocycles. The van der Waals surface area contributed by atoms with Crippen molar-refractivity contribution in [3.63, 3.8) is 0 Å². The molecule has 1 atom stereocenters. The highest BCUT2D eigenvalue weighted by Crippen LogP contribution is 2.36. The molecule has 1 unspecified atom stereocenters. The Labute approximate surface area is 157 Å². The van der Waals surface area contributed by atoms with E-state index in [9.17, 15) is 4.79 Å². The smallest absolute Gasteiger partial charge is 0.316 e. The number of carbonyl (C=O) groups excluding carboxylic acids is 1. The van der Waals surface area contributed by atoms with Gasteiger partial charge in [-0.05, 0) is 41.3 Å². The van der Waals surface area contributed by atoms with E-state index < -0.39 is 0 Å². The molecule has 0 aliphatic carbocycles. The predicted octanol–water partition coefficient (Wildman–Crippen LogP) is 2.70. The van der Waals surface area contributed by atoms with Gasteiger partial charge in [-0.2, -0.15) is 11.3 Å². The van der Waals surface area contributed by atoms with Crippen LogP contribution in [0.15, 0.2) is 35.3 Å². The van der Waals surface area contributed by atoms with Crippen molar-refractivity contribution in [2.45, 2.75) is 43.8 Å². The van der Waals surface area contributed by atoms with Crippen LogP contribution in [0, 0.1) is 0 Å². The van der Waals surface area contributed by atoms with Crippen LogP contribution in [0.3, 0.4) is 0 Å². The Kier molecular flexibility index (Phi) is 5.17. The van der Waals surface area contributed by atoms with E-state index in [1.807, 2.05) is 21.7 Å². The van der Waals surface area contributed by atoms with Gasteiger partial charge in [0, 0.05) is 38.3 Å². The van der Waals surface area contributed by atoms with Crippen LogP contribution in [0.1, 0.15) is 31.2 Å². The van der Waals surface area contributed by atoms with Gasteiger partial charge in [-0.15, -0.1) is 0 Å². The highest BCUT2D eigenvalue weighted by molar-refractivity contribution is 7.08. The molecule has 2 fully saturated rings. The topological polar surface area (TPSA) is 64.6 Å². The molecule has 26 heavy (non-hydrogen) atoms. The van der Waals surface area contributed by atoms with E-state index >= 15 is 0 Å². The minimum Gasteiger partial charge on any atom is -0.460 e. The SMILES string of the molecule is O=C(Cc1ccsc1)N1CCC2(CC1)CC(Oc1ncccn1)CCO2. The summed E-state index contributed by atoms with van der Waals surface area (Å²) in [4.78, 5) is 22.8. The zero-order valence-corrected chi connectivity index (χ0v) is 15.5. The Morgan fingerprint density at radius 2 is 2.15 bits per heavy atom. The summed E-state index contributed by atoms with van der Waals surface area (Å²) in [6.07, 6.45) is 7.34. The number of nitrogens with zero attached hydrogens (tertiary/aromatic N) is 3. The highest BCUT2D eigenvalue weighted by atomic mass is 32.1. The first-order chi connectivity index (χ1) is 12.7. The predicted molar refractivity (Wildman–Crippen MR) is 98.2 cm³/mol. The summed E-state index contributed by atoms with van der Waals surface area (Å²) in [6.45, 7) is 2.18. The van der Waals surface area contributed by atoms with Crippen molar-refractivity contribution >= 4 is 17.2 Å². The number of amides is 1. The molecule has 0 N–H and O–H groups in total. The van der Waals surface area contributed by atoms with Crippen LogP contribution in [-0.2, 0) is 16.0 Å².